The van der Waals surface area contributed by atoms with Gasteiger partial charge in [-0.25, -0.2) is 0 Å². The van der Waals surface area contributed by atoms with Crippen LogP contribution in [-0.2, 0) is 16.0 Å². The molecule has 1 aromatic heterocycles. The summed E-state index contributed by atoms with van der Waals surface area (Å²) in [6.45, 7) is 2.21. The third-order valence-electron chi connectivity index (χ3n) is 2.28. The predicted molar refractivity (Wildman–Crippen MR) is 69.5 cm³/mol. The summed E-state index contributed by atoms with van der Waals surface area (Å²) in [6.07, 6.45) is 3.40. The minimum atomic E-state index is -0.188. The Morgan fingerprint density at radius 2 is 2.35 bits per heavy atom. The third-order valence-corrected chi connectivity index (χ3v) is 2.75. The van der Waals surface area contributed by atoms with Gasteiger partial charge in [0.2, 0.25) is 0 Å². The molecule has 0 aliphatic carbocycles. The SMILES string of the molecule is CCOC(=O)CCC(N)Cc1ccc(Br)cn1. The largest absolute Gasteiger partial charge is 0.466 e. The Labute approximate surface area is 110 Å². The fourth-order valence-electron chi connectivity index (χ4n) is 1.43. The van der Waals surface area contributed by atoms with E-state index in [4.69, 9.17) is 10.5 Å². The van der Waals surface area contributed by atoms with Gasteiger partial charge in [0.25, 0.3) is 0 Å². The lowest BCUT2D eigenvalue weighted by molar-refractivity contribution is -0.143. The number of hydrogen-bond acceptors (Lipinski definition) is 4. The number of carbonyl (C=O) groups is 1. The first-order valence-corrected chi connectivity index (χ1v) is 6.42. The zero-order chi connectivity index (χ0) is 12.7. The Hall–Kier alpha value is -0.940. The van der Waals surface area contributed by atoms with Crippen molar-refractivity contribution in [2.45, 2.75) is 32.2 Å². The maximum Gasteiger partial charge on any atom is 0.305 e. The van der Waals surface area contributed by atoms with Crippen LogP contribution in [0.25, 0.3) is 0 Å². The van der Waals surface area contributed by atoms with Gasteiger partial charge in [0, 0.05) is 35.2 Å². The van der Waals surface area contributed by atoms with Crippen LogP contribution in [0, 0.1) is 0 Å². The Balaban J connectivity index is 2.31. The molecule has 1 unspecified atom stereocenters. The van der Waals surface area contributed by atoms with Crippen molar-refractivity contribution in [2.75, 3.05) is 6.61 Å². The summed E-state index contributed by atoms with van der Waals surface area (Å²) in [5.41, 5.74) is 6.86. The number of ether oxygens (including phenoxy) is 1. The van der Waals surface area contributed by atoms with E-state index in [0.717, 1.165) is 10.2 Å². The van der Waals surface area contributed by atoms with Crippen LogP contribution in [0.1, 0.15) is 25.5 Å². The van der Waals surface area contributed by atoms with E-state index in [9.17, 15) is 4.79 Å². The minimum Gasteiger partial charge on any atom is -0.466 e. The first kappa shape index (κ1) is 14.1. The number of nitrogens with zero attached hydrogens (tertiary/aromatic N) is 1. The first-order valence-electron chi connectivity index (χ1n) is 5.63. The number of halogens is 1. The van der Waals surface area contributed by atoms with Crippen LogP contribution in [0.4, 0.5) is 0 Å². The predicted octanol–water partition coefficient (Wildman–Crippen LogP) is 2.06. The molecular formula is C12H17BrN2O2. The van der Waals surface area contributed by atoms with Gasteiger partial charge in [-0.1, -0.05) is 0 Å². The molecule has 0 spiro atoms. The molecule has 94 valence electrons. The van der Waals surface area contributed by atoms with Crippen molar-refractivity contribution in [1.29, 1.82) is 0 Å². The number of nitrogens with two attached hydrogens (primary N) is 1. The van der Waals surface area contributed by atoms with Crippen LogP contribution in [0.3, 0.4) is 0 Å². The lowest BCUT2D eigenvalue weighted by Gasteiger charge is -2.10. The average Bonchev–Trinajstić information content (AvgIpc) is 2.30. The average molecular weight is 301 g/mol. The summed E-state index contributed by atoms with van der Waals surface area (Å²) in [5, 5.41) is 0. The molecule has 0 bridgehead atoms. The topological polar surface area (TPSA) is 65.2 Å². The third kappa shape index (κ3) is 5.79. The molecule has 1 atom stereocenters. The van der Waals surface area contributed by atoms with Crippen LogP contribution < -0.4 is 5.73 Å². The zero-order valence-corrected chi connectivity index (χ0v) is 11.4. The number of carbonyl (C=O) groups excluding carboxylic acids is 1. The quantitative estimate of drug-likeness (QED) is 0.817. The van der Waals surface area contributed by atoms with Gasteiger partial charge < -0.3 is 10.5 Å². The van der Waals surface area contributed by atoms with E-state index in [0.29, 0.717) is 25.9 Å². The Kier molecular flexibility index (Phi) is 6.15. The summed E-state index contributed by atoms with van der Waals surface area (Å²) >= 11 is 3.32. The summed E-state index contributed by atoms with van der Waals surface area (Å²) in [4.78, 5) is 15.4. The van der Waals surface area contributed by atoms with E-state index in [-0.39, 0.29) is 12.0 Å². The molecule has 0 saturated heterocycles. The molecular weight excluding hydrogens is 284 g/mol. The minimum absolute atomic E-state index is 0.0620. The molecule has 4 nitrogen and oxygen atoms in total. The van der Waals surface area contributed by atoms with E-state index in [1.54, 1.807) is 13.1 Å². The maximum atomic E-state index is 11.1. The molecule has 1 rings (SSSR count). The molecule has 0 radical (unpaired) electrons. The van der Waals surface area contributed by atoms with E-state index < -0.39 is 0 Å². The molecule has 2 N–H and O–H groups in total. The highest BCUT2D eigenvalue weighted by molar-refractivity contribution is 9.10. The summed E-state index contributed by atoms with van der Waals surface area (Å²) in [6, 6.07) is 3.79. The Morgan fingerprint density at radius 1 is 1.59 bits per heavy atom. The lowest BCUT2D eigenvalue weighted by atomic mass is 10.1. The van der Waals surface area contributed by atoms with Gasteiger partial charge in [-0.2, -0.15) is 0 Å². The monoisotopic (exact) mass is 300 g/mol. The van der Waals surface area contributed by atoms with Crippen molar-refractivity contribution in [3.05, 3.63) is 28.5 Å². The molecule has 0 saturated carbocycles. The van der Waals surface area contributed by atoms with Gasteiger partial charge in [0.15, 0.2) is 0 Å². The van der Waals surface area contributed by atoms with Gasteiger partial charge in [0.05, 0.1) is 6.61 Å². The van der Waals surface area contributed by atoms with Gasteiger partial charge in [-0.05, 0) is 41.4 Å². The fraction of sp³-hybridized carbons (Fsp3) is 0.500. The van der Waals surface area contributed by atoms with Crippen molar-refractivity contribution >= 4 is 21.9 Å². The van der Waals surface area contributed by atoms with Gasteiger partial charge >= 0.3 is 5.97 Å². The molecule has 0 aliphatic rings. The van der Waals surface area contributed by atoms with Gasteiger partial charge in [0.1, 0.15) is 0 Å². The molecule has 1 heterocycles. The van der Waals surface area contributed by atoms with Crippen molar-refractivity contribution in [2.24, 2.45) is 5.73 Å². The first-order chi connectivity index (χ1) is 8.11. The van der Waals surface area contributed by atoms with Crippen LogP contribution in [0.5, 0.6) is 0 Å². The summed E-state index contributed by atoms with van der Waals surface area (Å²) in [7, 11) is 0. The Bertz CT molecular complexity index is 354. The molecule has 0 fully saturated rings. The van der Waals surface area contributed by atoms with Crippen LogP contribution in [0.2, 0.25) is 0 Å². The second kappa shape index (κ2) is 7.40. The number of esters is 1. The smallest absolute Gasteiger partial charge is 0.305 e. The van der Waals surface area contributed by atoms with Crippen molar-refractivity contribution in [3.63, 3.8) is 0 Å². The number of rotatable bonds is 6. The molecule has 1 aromatic rings. The second-order valence-corrected chi connectivity index (χ2v) is 4.69. The van der Waals surface area contributed by atoms with Crippen LogP contribution in [-0.4, -0.2) is 23.6 Å². The van der Waals surface area contributed by atoms with Crippen molar-refractivity contribution in [3.8, 4) is 0 Å². The molecule has 0 aliphatic heterocycles. The summed E-state index contributed by atoms with van der Waals surface area (Å²) < 4.78 is 5.79. The molecule has 0 aromatic carbocycles. The normalized spacial score (nSPS) is 12.2. The Morgan fingerprint density at radius 3 is 2.94 bits per heavy atom. The second-order valence-electron chi connectivity index (χ2n) is 3.78. The standard InChI is InChI=1S/C12H17BrN2O2/c1-2-17-12(16)6-4-10(14)7-11-5-3-9(13)8-15-11/h3,5,8,10H,2,4,6-7,14H2,1H3. The number of pyridine rings is 1. The highest BCUT2D eigenvalue weighted by Crippen LogP contribution is 2.09. The lowest BCUT2D eigenvalue weighted by Crippen LogP contribution is -2.24. The maximum absolute atomic E-state index is 11.1. The van der Waals surface area contributed by atoms with E-state index in [1.807, 2.05) is 12.1 Å². The highest BCUT2D eigenvalue weighted by atomic mass is 79.9. The van der Waals surface area contributed by atoms with E-state index >= 15 is 0 Å². The van der Waals surface area contributed by atoms with Crippen LogP contribution in [0.15, 0.2) is 22.8 Å². The fourth-order valence-corrected chi connectivity index (χ4v) is 1.67. The molecule has 0 amide bonds. The van der Waals surface area contributed by atoms with Crippen molar-refractivity contribution in [1.82, 2.24) is 4.98 Å². The van der Waals surface area contributed by atoms with E-state index in [2.05, 4.69) is 20.9 Å². The number of aromatic nitrogens is 1. The highest BCUT2D eigenvalue weighted by Gasteiger charge is 2.09. The van der Waals surface area contributed by atoms with Crippen LogP contribution >= 0.6 is 15.9 Å². The van der Waals surface area contributed by atoms with Gasteiger partial charge in [-0.15, -0.1) is 0 Å². The van der Waals surface area contributed by atoms with E-state index in [1.165, 1.54) is 0 Å². The van der Waals surface area contributed by atoms with Gasteiger partial charge in [-0.3, -0.25) is 9.78 Å². The molecule has 17 heavy (non-hydrogen) atoms. The summed E-state index contributed by atoms with van der Waals surface area (Å²) in [5.74, 6) is -0.188. The number of hydrogen-bond donors (Lipinski definition) is 1. The molecule has 5 heteroatoms. The van der Waals surface area contributed by atoms with Crippen molar-refractivity contribution < 1.29 is 9.53 Å². The zero-order valence-electron chi connectivity index (χ0n) is 9.86.